The maximum Gasteiger partial charge on any atom is 0.120 e. The summed E-state index contributed by atoms with van der Waals surface area (Å²) in [6.45, 7) is 5.67. The van der Waals surface area contributed by atoms with Crippen molar-refractivity contribution in [2.75, 3.05) is 0 Å². The maximum atomic E-state index is 10.8. The highest BCUT2D eigenvalue weighted by atomic mass is 16.5. The molecule has 1 atom stereocenters. The van der Waals surface area contributed by atoms with E-state index in [1.54, 1.807) is 31.2 Å². The van der Waals surface area contributed by atoms with Crippen molar-refractivity contribution in [3.05, 3.63) is 65.2 Å². The Bertz CT molecular complexity index is 652. The van der Waals surface area contributed by atoms with Crippen LogP contribution in [0.3, 0.4) is 0 Å². The molecule has 0 fully saturated rings. The lowest BCUT2D eigenvalue weighted by Crippen LogP contribution is -2.22. The molecule has 0 amide bonds. The number of nitriles is 1. The molecule has 1 N–H and O–H groups in total. The predicted octanol–water partition coefficient (Wildman–Crippen LogP) is 3.60. The number of aliphatic hydroxyl groups is 1. The first kappa shape index (κ1) is 15.1. The molecule has 21 heavy (non-hydrogen) atoms. The van der Waals surface area contributed by atoms with Gasteiger partial charge in [-0.05, 0) is 56.2 Å². The predicted molar refractivity (Wildman–Crippen MR) is 82.0 cm³/mol. The van der Waals surface area contributed by atoms with Gasteiger partial charge >= 0.3 is 0 Å². The molecule has 108 valence electrons. The number of ether oxygens (including phenoxy) is 1. The number of hydrogen-bond donors (Lipinski definition) is 1. The second-order valence-electron chi connectivity index (χ2n) is 5.46. The molecule has 0 heterocycles. The van der Waals surface area contributed by atoms with Crippen molar-refractivity contribution < 1.29 is 9.84 Å². The molecule has 0 aliphatic heterocycles. The van der Waals surface area contributed by atoms with E-state index in [4.69, 9.17) is 10.00 Å². The van der Waals surface area contributed by atoms with Crippen LogP contribution >= 0.6 is 0 Å². The van der Waals surface area contributed by atoms with Crippen LogP contribution in [-0.2, 0) is 5.60 Å². The molecule has 0 aliphatic rings. The van der Waals surface area contributed by atoms with Crippen molar-refractivity contribution in [3.63, 3.8) is 0 Å². The van der Waals surface area contributed by atoms with E-state index in [9.17, 15) is 5.11 Å². The number of benzene rings is 2. The summed E-state index contributed by atoms with van der Waals surface area (Å²) in [6.07, 6.45) is 0.0834. The van der Waals surface area contributed by atoms with Crippen LogP contribution in [0.4, 0.5) is 0 Å². The Balaban J connectivity index is 2.35. The largest absolute Gasteiger partial charge is 0.491 e. The van der Waals surface area contributed by atoms with Crippen molar-refractivity contribution in [2.45, 2.75) is 32.5 Å². The minimum Gasteiger partial charge on any atom is -0.491 e. The van der Waals surface area contributed by atoms with Gasteiger partial charge in [0.2, 0.25) is 0 Å². The number of nitrogens with zero attached hydrogens (tertiary/aromatic N) is 1. The first-order chi connectivity index (χ1) is 9.93. The van der Waals surface area contributed by atoms with Crippen LogP contribution < -0.4 is 4.74 Å². The minimum atomic E-state index is -1.13. The van der Waals surface area contributed by atoms with E-state index in [2.05, 4.69) is 6.07 Å². The molecule has 0 aliphatic carbocycles. The zero-order chi connectivity index (χ0) is 15.5. The lowest BCUT2D eigenvalue weighted by atomic mass is 9.88. The first-order valence-corrected chi connectivity index (χ1v) is 6.93. The lowest BCUT2D eigenvalue weighted by molar-refractivity contribution is 0.102. The quantitative estimate of drug-likeness (QED) is 0.931. The minimum absolute atomic E-state index is 0.0834. The van der Waals surface area contributed by atoms with E-state index in [1.807, 2.05) is 38.1 Å². The average Bonchev–Trinajstić information content (AvgIpc) is 2.47. The highest BCUT2D eigenvalue weighted by Crippen LogP contribution is 2.31. The van der Waals surface area contributed by atoms with Crippen LogP contribution in [0.5, 0.6) is 5.75 Å². The van der Waals surface area contributed by atoms with Crippen molar-refractivity contribution in [3.8, 4) is 11.8 Å². The average molecular weight is 281 g/mol. The summed E-state index contributed by atoms with van der Waals surface area (Å²) < 4.78 is 5.67. The molecule has 2 rings (SSSR count). The van der Waals surface area contributed by atoms with E-state index in [-0.39, 0.29) is 6.10 Å². The zero-order valence-corrected chi connectivity index (χ0v) is 12.5. The van der Waals surface area contributed by atoms with Gasteiger partial charge in [0.05, 0.1) is 17.7 Å². The molecule has 1 unspecified atom stereocenters. The summed E-state index contributed by atoms with van der Waals surface area (Å²) in [5.74, 6) is 0.733. The van der Waals surface area contributed by atoms with Gasteiger partial charge in [-0.15, -0.1) is 0 Å². The van der Waals surface area contributed by atoms with Crippen LogP contribution in [0.15, 0.2) is 48.5 Å². The standard InChI is InChI=1S/C18H19NO2/c1-13(2)21-17-6-4-5-16(11-17)18(3,20)15-9-7-14(12-19)8-10-15/h4-11,13,20H,1-3H3. The Morgan fingerprint density at radius 2 is 1.76 bits per heavy atom. The summed E-state index contributed by atoms with van der Waals surface area (Å²) in [6, 6.07) is 16.5. The van der Waals surface area contributed by atoms with Crippen molar-refractivity contribution in [1.82, 2.24) is 0 Å². The Morgan fingerprint density at radius 3 is 2.33 bits per heavy atom. The van der Waals surface area contributed by atoms with Crippen LogP contribution in [0.2, 0.25) is 0 Å². The Hall–Kier alpha value is -2.31. The smallest absolute Gasteiger partial charge is 0.120 e. The fraction of sp³-hybridized carbons (Fsp3) is 0.278. The topological polar surface area (TPSA) is 53.2 Å². The fourth-order valence-electron chi connectivity index (χ4n) is 2.18. The molecule has 0 radical (unpaired) electrons. The van der Waals surface area contributed by atoms with E-state index in [1.165, 1.54) is 0 Å². The van der Waals surface area contributed by atoms with Gasteiger partial charge in [0.25, 0.3) is 0 Å². The summed E-state index contributed by atoms with van der Waals surface area (Å²) in [5, 5.41) is 19.7. The van der Waals surface area contributed by atoms with Crippen LogP contribution in [0.25, 0.3) is 0 Å². The van der Waals surface area contributed by atoms with Crippen molar-refractivity contribution in [1.29, 1.82) is 5.26 Å². The van der Waals surface area contributed by atoms with E-state index in [0.717, 1.165) is 16.9 Å². The second kappa shape index (κ2) is 5.99. The zero-order valence-electron chi connectivity index (χ0n) is 12.5. The van der Waals surface area contributed by atoms with E-state index >= 15 is 0 Å². The molecule has 0 saturated carbocycles. The van der Waals surface area contributed by atoms with Crippen LogP contribution in [0.1, 0.15) is 37.5 Å². The first-order valence-electron chi connectivity index (χ1n) is 6.93. The molecule has 0 bridgehead atoms. The lowest BCUT2D eigenvalue weighted by Gasteiger charge is -2.25. The molecular formula is C18H19NO2. The third-order valence-electron chi connectivity index (χ3n) is 3.34. The molecular weight excluding hydrogens is 262 g/mol. The molecule has 3 heteroatoms. The normalized spacial score (nSPS) is 13.5. The molecule has 0 aromatic heterocycles. The van der Waals surface area contributed by atoms with Gasteiger partial charge in [0.1, 0.15) is 11.4 Å². The summed E-state index contributed by atoms with van der Waals surface area (Å²) >= 11 is 0. The summed E-state index contributed by atoms with van der Waals surface area (Å²) in [7, 11) is 0. The summed E-state index contributed by atoms with van der Waals surface area (Å²) in [4.78, 5) is 0. The van der Waals surface area contributed by atoms with E-state index in [0.29, 0.717) is 5.56 Å². The second-order valence-corrected chi connectivity index (χ2v) is 5.46. The third-order valence-corrected chi connectivity index (χ3v) is 3.34. The van der Waals surface area contributed by atoms with Gasteiger partial charge < -0.3 is 9.84 Å². The highest BCUT2D eigenvalue weighted by molar-refractivity contribution is 5.41. The van der Waals surface area contributed by atoms with Gasteiger partial charge in [-0.3, -0.25) is 0 Å². The number of hydrogen-bond acceptors (Lipinski definition) is 3. The van der Waals surface area contributed by atoms with Gasteiger partial charge in [0.15, 0.2) is 0 Å². The highest BCUT2D eigenvalue weighted by Gasteiger charge is 2.26. The Labute approximate surface area is 125 Å². The fourth-order valence-corrected chi connectivity index (χ4v) is 2.18. The van der Waals surface area contributed by atoms with Gasteiger partial charge in [-0.2, -0.15) is 5.26 Å². The van der Waals surface area contributed by atoms with Crippen LogP contribution in [0, 0.1) is 11.3 Å². The Kier molecular flexibility index (Phi) is 4.30. The molecule has 0 saturated heterocycles. The monoisotopic (exact) mass is 281 g/mol. The molecule has 2 aromatic carbocycles. The van der Waals surface area contributed by atoms with Gasteiger partial charge in [-0.25, -0.2) is 0 Å². The molecule has 0 spiro atoms. The maximum absolute atomic E-state index is 10.8. The molecule has 3 nitrogen and oxygen atoms in total. The van der Waals surface area contributed by atoms with Crippen molar-refractivity contribution >= 4 is 0 Å². The van der Waals surface area contributed by atoms with Crippen molar-refractivity contribution in [2.24, 2.45) is 0 Å². The number of rotatable bonds is 4. The SMILES string of the molecule is CC(C)Oc1cccc(C(C)(O)c2ccc(C#N)cc2)c1. The third kappa shape index (κ3) is 3.42. The van der Waals surface area contributed by atoms with Crippen LogP contribution in [-0.4, -0.2) is 11.2 Å². The molecule has 2 aromatic rings. The van der Waals surface area contributed by atoms with Gasteiger partial charge in [0, 0.05) is 0 Å². The summed E-state index contributed by atoms with van der Waals surface area (Å²) in [5.41, 5.74) is 0.935. The Morgan fingerprint density at radius 1 is 1.10 bits per heavy atom. The van der Waals surface area contributed by atoms with Gasteiger partial charge in [-0.1, -0.05) is 24.3 Å². The van der Waals surface area contributed by atoms with E-state index < -0.39 is 5.60 Å².